The minimum Gasteiger partial charge on any atom is -0.497 e. The summed E-state index contributed by atoms with van der Waals surface area (Å²) in [5.74, 6) is 2.40. The van der Waals surface area contributed by atoms with Gasteiger partial charge in [-0.2, -0.15) is 0 Å². The highest BCUT2D eigenvalue weighted by Crippen LogP contribution is 2.29. The summed E-state index contributed by atoms with van der Waals surface area (Å²) in [7, 11) is 3.29. The maximum atomic E-state index is 5.29. The molecule has 1 aromatic carbocycles. The molecule has 0 amide bonds. The molecule has 0 fully saturated rings. The van der Waals surface area contributed by atoms with Gasteiger partial charge in [0, 0.05) is 12.6 Å². The molecule has 0 aliphatic carbocycles. The third kappa shape index (κ3) is 2.82. The molecule has 114 valence electrons. The van der Waals surface area contributed by atoms with Gasteiger partial charge in [-0.25, -0.2) is 9.97 Å². The zero-order valence-corrected chi connectivity index (χ0v) is 13.5. The highest BCUT2D eigenvalue weighted by Gasteiger charge is 2.09. The van der Waals surface area contributed by atoms with Crippen LogP contribution in [0.15, 0.2) is 29.9 Å². The minimum atomic E-state index is 0.634. The van der Waals surface area contributed by atoms with E-state index in [1.54, 1.807) is 31.9 Å². The first-order chi connectivity index (χ1) is 10.7. The second-order valence-corrected chi connectivity index (χ2v) is 5.75. The van der Waals surface area contributed by atoms with E-state index in [4.69, 9.17) is 9.47 Å². The lowest BCUT2D eigenvalue weighted by Crippen LogP contribution is -2.03. The monoisotopic (exact) mass is 315 g/mol. The molecule has 2 aromatic heterocycles. The van der Waals surface area contributed by atoms with E-state index in [2.05, 4.69) is 27.6 Å². The summed E-state index contributed by atoms with van der Waals surface area (Å²) in [5.41, 5.74) is 2.25. The van der Waals surface area contributed by atoms with Crippen LogP contribution in [0.25, 0.3) is 10.2 Å². The minimum absolute atomic E-state index is 0.634. The lowest BCUT2D eigenvalue weighted by Gasteiger charge is -2.10. The largest absolute Gasteiger partial charge is 0.497 e. The van der Waals surface area contributed by atoms with Crippen LogP contribution in [0.5, 0.6) is 11.5 Å². The lowest BCUT2D eigenvalue weighted by molar-refractivity contribution is 0.393. The van der Waals surface area contributed by atoms with Gasteiger partial charge in [-0.3, -0.25) is 0 Å². The van der Waals surface area contributed by atoms with Crippen LogP contribution in [0.2, 0.25) is 0 Å². The quantitative estimate of drug-likeness (QED) is 0.779. The van der Waals surface area contributed by atoms with Gasteiger partial charge in [0.2, 0.25) is 0 Å². The number of nitrogens with one attached hydrogen (secondary N) is 1. The van der Waals surface area contributed by atoms with Gasteiger partial charge < -0.3 is 14.8 Å². The van der Waals surface area contributed by atoms with E-state index in [1.165, 1.54) is 5.56 Å². The van der Waals surface area contributed by atoms with Crippen molar-refractivity contribution in [1.29, 1.82) is 0 Å². The van der Waals surface area contributed by atoms with Crippen molar-refractivity contribution in [3.8, 4) is 11.5 Å². The molecule has 1 N–H and O–H groups in total. The van der Waals surface area contributed by atoms with Gasteiger partial charge in [0.15, 0.2) is 0 Å². The van der Waals surface area contributed by atoms with Crippen LogP contribution in [-0.4, -0.2) is 24.2 Å². The molecular formula is C16H17N3O2S. The van der Waals surface area contributed by atoms with Crippen LogP contribution < -0.4 is 14.8 Å². The molecule has 5 nitrogen and oxygen atoms in total. The molecule has 2 heterocycles. The third-order valence-electron chi connectivity index (χ3n) is 3.43. The van der Waals surface area contributed by atoms with Crippen molar-refractivity contribution < 1.29 is 9.47 Å². The second-order valence-electron chi connectivity index (χ2n) is 4.90. The first-order valence-corrected chi connectivity index (χ1v) is 7.74. The van der Waals surface area contributed by atoms with Gasteiger partial charge in [0.25, 0.3) is 0 Å². The average Bonchev–Trinajstić information content (AvgIpc) is 2.94. The van der Waals surface area contributed by atoms with Crippen molar-refractivity contribution in [2.75, 3.05) is 19.5 Å². The molecule has 0 spiro atoms. The smallest absolute Gasteiger partial charge is 0.138 e. The number of hydrogen-bond acceptors (Lipinski definition) is 6. The number of thiophene rings is 1. The summed E-state index contributed by atoms with van der Waals surface area (Å²) in [5, 5.41) is 6.56. The molecule has 3 aromatic rings. The van der Waals surface area contributed by atoms with E-state index in [1.807, 2.05) is 18.2 Å². The Morgan fingerprint density at radius 1 is 1.09 bits per heavy atom. The zero-order valence-electron chi connectivity index (χ0n) is 12.7. The molecule has 3 rings (SSSR count). The van der Waals surface area contributed by atoms with Gasteiger partial charge in [-0.05, 0) is 35.6 Å². The van der Waals surface area contributed by atoms with Crippen LogP contribution in [0, 0.1) is 6.92 Å². The molecule has 0 unspecified atom stereocenters. The van der Waals surface area contributed by atoms with Crippen molar-refractivity contribution in [2.24, 2.45) is 0 Å². The van der Waals surface area contributed by atoms with Gasteiger partial charge >= 0.3 is 0 Å². The van der Waals surface area contributed by atoms with Crippen molar-refractivity contribution in [2.45, 2.75) is 13.5 Å². The summed E-state index contributed by atoms with van der Waals surface area (Å²) in [6.45, 7) is 2.71. The Bertz CT molecular complexity index is 779. The van der Waals surface area contributed by atoms with Crippen LogP contribution in [-0.2, 0) is 6.54 Å². The summed E-state index contributed by atoms with van der Waals surface area (Å²) in [4.78, 5) is 9.66. The Morgan fingerprint density at radius 3 is 2.50 bits per heavy atom. The van der Waals surface area contributed by atoms with Crippen LogP contribution in [0.1, 0.15) is 11.1 Å². The van der Waals surface area contributed by atoms with Crippen molar-refractivity contribution in [3.05, 3.63) is 41.0 Å². The molecule has 0 bridgehead atoms. The molecule has 0 radical (unpaired) electrons. The lowest BCUT2D eigenvalue weighted by atomic mass is 10.2. The first-order valence-electron chi connectivity index (χ1n) is 6.86. The van der Waals surface area contributed by atoms with E-state index >= 15 is 0 Å². The van der Waals surface area contributed by atoms with Gasteiger partial charge in [-0.1, -0.05) is 0 Å². The van der Waals surface area contributed by atoms with E-state index in [-0.39, 0.29) is 0 Å². The molecular weight excluding hydrogens is 298 g/mol. The van der Waals surface area contributed by atoms with Crippen LogP contribution in [0.3, 0.4) is 0 Å². The third-order valence-corrected chi connectivity index (χ3v) is 4.43. The number of ether oxygens (including phenoxy) is 2. The Kier molecular flexibility index (Phi) is 4.11. The first kappa shape index (κ1) is 14.6. The number of fused-ring (bicyclic) bond motifs is 1. The van der Waals surface area contributed by atoms with E-state index < -0.39 is 0 Å². The van der Waals surface area contributed by atoms with Gasteiger partial charge in [-0.15, -0.1) is 11.3 Å². The number of methoxy groups -OCH3 is 2. The molecule has 22 heavy (non-hydrogen) atoms. The van der Waals surface area contributed by atoms with Crippen molar-refractivity contribution in [1.82, 2.24) is 9.97 Å². The van der Waals surface area contributed by atoms with Crippen molar-refractivity contribution >= 4 is 27.4 Å². The number of hydrogen-bond donors (Lipinski definition) is 1. The van der Waals surface area contributed by atoms with E-state index in [0.29, 0.717) is 6.54 Å². The number of aryl methyl sites for hydroxylation is 1. The topological polar surface area (TPSA) is 56.3 Å². The maximum absolute atomic E-state index is 5.29. The predicted molar refractivity (Wildman–Crippen MR) is 89.0 cm³/mol. The molecule has 6 heteroatoms. The molecule has 0 aliphatic rings. The normalized spacial score (nSPS) is 10.7. The number of nitrogens with zero attached hydrogens (tertiary/aromatic N) is 2. The summed E-state index contributed by atoms with van der Waals surface area (Å²) >= 11 is 1.63. The number of benzene rings is 1. The fourth-order valence-corrected chi connectivity index (χ4v) is 3.20. The standard InChI is InChI=1S/C16H17N3O2S/c1-10-8-22-16-14(10)15(18-9-19-16)17-7-11-4-12(20-2)6-13(5-11)21-3/h4-6,8-9H,7H2,1-3H3,(H,17,18,19). The summed E-state index contributed by atoms with van der Waals surface area (Å²) in [6, 6.07) is 5.82. The second kappa shape index (κ2) is 6.19. The number of aromatic nitrogens is 2. The number of anilines is 1. The number of rotatable bonds is 5. The van der Waals surface area contributed by atoms with Crippen LogP contribution >= 0.6 is 11.3 Å². The highest BCUT2D eigenvalue weighted by molar-refractivity contribution is 7.17. The SMILES string of the molecule is COc1cc(CNc2ncnc3scc(C)c23)cc(OC)c1. The van der Waals surface area contributed by atoms with E-state index in [0.717, 1.165) is 33.1 Å². The predicted octanol–water partition coefficient (Wildman–Crippen LogP) is 3.63. The molecule has 0 saturated carbocycles. The van der Waals surface area contributed by atoms with Crippen LogP contribution in [0.4, 0.5) is 5.82 Å². The van der Waals surface area contributed by atoms with Gasteiger partial charge in [0.05, 0.1) is 19.6 Å². The van der Waals surface area contributed by atoms with Crippen molar-refractivity contribution in [3.63, 3.8) is 0 Å². The highest BCUT2D eigenvalue weighted by atomic mass is 32.1. The Balaban J connectivity index is 1.86. The zero-order chi connectivity index (χ0) is 15.5. The van der Waals surface area contributed by atoms with E-state index in [9.17, 15) is 0 Å². The summed E-state index contributed by atoms with van der Waals surface area (Å²) in [6.07, 6.45) is 1.59. The molecule has 0 aliphatic heterocycles. The fourth-order valence-electron chi connectivity index (χ4n) is 2.31. The van der Waals surface area contributed by atoms with Gasteiger partial charge in [0.1, 0.15) is 28.5 Å². The Hall–Kier alpha value is -2.34. The maximum Gasteiger partial charge on any atom is 0.138 e. The molecule has 0 saturated heterocycles. The summed E-state index contributed by atoms with van der Waals surface area (Å²) < 4.78 is 10.6. The Labute approximate surface area is 132 Å². The molecule has 0 atom stereocenters. The Morgan fingerprint density at radius 2 is 1.82 bits per heavy atom. The fraction of sp³-hybridized carbons (Fsp3) is 0.250. The average molecular weight is 315 g/mol.